The Morgan fingerprint density at radius 1 is 1.00 bits per heavy atom. The summed E-state index contributed by atoms with van der Waals surface area (Å²) in [5.74, 6) is 1.03. The van der Waals surface area contributed by atoms with Gasteiger partial charge < -0.3 is 0 Å². The standard InChI is InChI=1S/C12H24NOSSe/c1-2-3-4-5-6-7-8-9-10-11-15-13-12(14)16/h2-11H2,1H3,(H,13,14). The quantitative estimate of drug-likeness (QED) is 0.354. The molecule has 1 radical (unpaired) electrons. The fourth-order valence-corrected chi connectivity index (χ4v) is 2.53. The molecular weight excluding hydrogens is 285 g/mol. The molecule has 0 aliphatic heterocycles. The van der Waals surface area contributed by atoms with Crippen molar-refractivity contribution in [2.75, 3.05) is 5.75 Å². The van der Waals surface area contributed by atoms with Crippen molar-refractivity contribution in [1.29, 1.82) is 0 Å². The molecule has 0 unspecified atom stereocenters. The van der Waals surface area contributed by atoms with E-state index in [1.165, 1.54) is 69.7 Å². The third-order valence-corrected chi connectivity index (χ3v) is 3.83. The van der Waals surface area contributed by atoms with E-state index in [9.17, 15) is 4.79 Å². The van der Waals surface area contributed by atoms with Crippen LogP contribution in [0.5, 0.6) is 0 Å². The van der Waals surface area contributed by atoms with Gasteiger partial charge in [-0.3, -0.25) is 0 Å². The molecule has 95 valence electrons. The van der Waals surface area contributed by atoms with Gasteiger partial charge in [0.2, 0.25) is 0 Å². The summed E-state index contributed by atoms with van der Waals surface area (Å²) in [7, 11) is 0. The predicted octanol–water partition coefficient (Wildman–Crippen LogP) is 4.04. The van der Waals surface area contributed by atoms with Crippen molar-refractivity contribution in [2.45, 2.75) is 64.7 Å². The zero-order chi connectivity index (χ0) is 12.1. The fourth-order valence-electron chi connectivity index (χ4n) is 1.59. The molecule has 0 aliphatic rings. The third kappa shape index (κ3) is 14.3. The van der Waals surface area contributed by atoms with E-state index in [1.54, 1.807) is 0 Å². The first-order valence-electron chi connectivity index (χ1n) is 6.36. The summed E-state index contributed by atoms with van der Waals surface area (Å²) >= 11 is 3.91. The number of carbonyl (C=O) groups excluding carboxylic acids is 1. The van der Waals surface area contributed by atoms with Gasteiger partial charge in [0.15, 0.2) is 0 Å². The van der Waals surface area contributed by atoms with Crippen LogP contribution >= 0.6 is 11.9 Å². The maximum atomic E-state index is 10.5. The molecule has 0 saturated carbocycles. The summed E-state index contributed by atoms with van der Waals surface area (Å²) in [5.41, 5.74) is 0. The Morgan fingerprint density at radius 3 is 2.00 bits per heavy atom. The van der Waals surface area contributed by atoms with Gasteiger partial charge >= 0.3 is 99.4 Å². The maximum absolute atomic E-state index is 10.5. The van der Waals surface area contributed by atoms with E-state index < -0.39 is 0 Å². The summed E-state index contributed by atoms with van der Waals surface area (Å²) in [6.45, 7) is 2.25. The van der Waals surface area contributed by atoms with Gasteiger partial charge in [-0.2, -0.15) is 0 Å². The van der Waals surface area contributed by atoms with Crippen LogP contribution < -0.4 is 4.72 Å². The number of amides is 1. The minimum absolute atomic E-state index is 0.0686. The van der Waals surface area contributed by atoms with Crippen LogP contribution in [-0.4, -0.2) is 26.6 Å². The normalized spacial score (nSPS) is 10.3. The van der Waals surface area contributed by atoms with Crippen molar-refractivity contribution in [3.05, 3.63) is 0 Å². The van der Waals surface area contributed by atoms with Crippen LogP contribution in [0, 0.1) is 0 Å². The van der Waals surface area contributed by atoms with E-state index in [1.807, 2.05) is 0 Å². The van der Waals surface area contributed by atoms with Gasteiger partial charge in [0.25, 0.3) is 0 Å². The molecular formula is C12H24NOSSe. The van der Waals surface area contributed by atoms with Crippen molar-refractivity contribution in [2.24, 2.45) is 0 Å². The average Bonchev–Trinajstić information content (AvgIpc) is 2.25. The van der Waals surface area contributed by atoms with Gasteiger partial charge in [-0.1, -0.05) is 13.3 Å². The molecule has 0 bridgehead atoms. The van der Waals surface area contributed by atoms with Crippen LogP contribution in [0.25, 0.3) is 0 Å². The second-order valence-electron chi connectivity index (χ2n) is 4.07. The first-order chi connectivity index (χ1) is 7.77. The monoisotopic (exact) mass is 310 g/mol. The van der Waals surface area contributed by atoms with E-state index in [4.69, 9.17) is 0 Å². The van der Waals surface area contributed by atoms with E-state index in [0.29, 0.717) is 0 Å². The molecule has 1 amide bonds. The number of rotatable bonds is 11. The summed E-state index contributed by atoms with van der Waals surface area (Å²) in [6, 6.07) is 0. The Kier molecular flexibility index (Phi) is 13.7. The Labute approximate surface area is 113 Å². The van der Waals surface area contributed by atoms with Gasteiger partial charge in [-0.05, 0) is 0 Å². The van der Waals surface area contributed by atoms with Crippen LogP contribution in [0.15, 0.2) is 0 Å². The second kappa shape index (κ2) is 13.4. The number of nitrogens with one attached hydrogen (secondary N) is 1. The van der Waals surface area contributed by atoms with Crippen molar-refractivity contribution < 1.29 is 4.79 Å². The third-order valence-electron chi connectivity index (χ3n) is 2.51. The zero-order valence-corrected chi connectivity index (χ0v) is 12.8. The minimum atomic E-state index is -0.0686. The SMILES string of the molecule is CCCCCCCCCCCSNC(=O)[Se]. The summed E-state index contributed by atoms with van der Waals surface area (Å²) in [6.07, 6.45) is 12.2. The van der Waals surface area contributed by atoms with Gasteiger partial charge in [-0.15, -0.1) is 0 Å². The molecule has 0 saturated heterocycles. The Bertz CT molecular complexity index is 167. The van der Waals surface area contributed by atoms with Crippen LogP contribution in [-0.2, 0) is 0 Å². The Hall–Kier alpha value is 0.339. The molecule has 0 aliphatic carbocycles. The number of unbranched alkanes of at least 4 members (excludes halogenated alkanes) is 8. The molecule has 0 heterocycles. The van der Waals surface area contributed by atoms with Gasteiger partial charge in [0, 0.05) is 0 Å². The van der Waals surface area contributed by atoms with Gasteiger partial charge in [0.1, 0.15) is 0 Å². The second-order valence-corrected chi connectivity index (χ2v) is 5.75. The number of hydrogen-bond donors (Lipinski definition) is 1. The molecule has 4 heteroatoms. The molecule has 0 fully saturated rings. The van der Waals surface area contributed by atoms with Crippen molar-refractivity contribution in [3.8, 4) is 0 Å². The molecule has 2 nitrogen and oxygen atoms in total. The molecule has 0 aromatic carbocycles. The van der Waals surface area contributed by atoms with Crippen molar-refractivity contribution in [1.82, 2.24) is 4.72 Å². The Morgan fingerprint density at radius 2 is 1.50 bits per heavy atom. The molecule has 0 aromatic heterocycles. The number of carbonyl (C=O) groups is 1. The van der Waals surface area contributed by atoms with Crippen molar-refractivity contribution in [3.63, 3.8) is 0 Å². The van der Waals surface area contributed by atoms with E-state index in [2.05, 4.69) is 27.7 Å². The molecule has 0 aromatic rings. The van der Waals surface area contributed by atoms with Gasteiger partial charge in [-0.25, -0.2) is 0 Å². The summed E-state index contributed by atoms with van der Waals surface area (Å²) in [5, 5.41) is 0. The summed E-state index contributed by atoms with van der Waals surface area (Å²) < 4.78 is 2.69. The van der Waals surface area contributed by atoms with E-state index in [0.717, 1.165) is 5.75 Å². The summed E-state index contributed by atoms with van der Waals surface area (Å²) in [4.78, 5) is 10.4. The first kappa shape index (κ1) is 16.3. The topological polar surface area (TPSA) is 29.1 Å². The van der Waals surface area contributed by atoms with E-state index in [-0.39, 0.29) is 4.81 Å². The predicted molar refractivity (Wildman–Crippen MR) is 74.0 cm³/mol. The van der Waals surface area contributed by atoms with Crippen LogP contribution in [0.1, 0.15) is 64.7 Å². The van der Waals surface area contributed by atoms with Crippen LogP contribution in [0.4, 0.5) is 4.79 Å². The molecule has 0 rings (SSSR count). The van der Waals surface area contributed by atoms with Crippen LogP contribution in [0.3, 0.4) is 0 Å². The number of hydrogen-bond acceptors (Lipinski definition) is 2. The fraction of sp³-hybridized carbons (Fsp3) is 0.917. The molecule has 16 heavy (non-hydrogen) atoms. The molecule has 0 spiro atoms. The van der Waals surface area contributed by atoms with Crippen molar-refractivity contribution >= 4 is 32.8 Å². The van der Waals surface area contributed by atoms with Gasteiger partial charge in [0.05, 0.1) is 0 Å². The molecule has 1 N–H and O–H groups in total. The molecule has 0 atom stereocenters. The first-order valence-corrected chi connectivity index (χ1v) is 8.20. The zero-order valence-electron chi connectivity index (χ0n) is 10.3. The van der Waals surface area contributed by atoms with Crippen LogP contribution in [0.2, 0.25) is 0 Å². The Balaban J connectivity index is 2.90. The average molecular weight is 309 g/mol. The van der Waals surface area contributed by atoms with E-state index >= 15 is 0 Å².